The van der Waals surface area contributed by atoms with E-state index in [1.54, 1.807) is 50.2 Å². The van der Waals surface area contributed by atoms with Crippen molar-refractivity contribution in [2.75, 3.05) is 11.9 Å². The van der Waals surface area contributed by atoms with Crippen LogP contribution in [0.5, 0.6) is 0 Å². The number of amides is 1. The Kier molecular flexibility index (Phi) is 4.65. The molecule has 0 aliphatic heterocycles. The van der Waals surface area contributed by atoms with E-state index in [2.05, 4.69) is 15.5 Å². The number of nitrogens with zero attached hydrogens (tertiary/aromatic N) is 1. The van der Waals surface area contributed by atoms with Crippen LogP contribution in [0.1, 0.15) is 33.3 Å². The molecule has 1 amide bonds. The molecule has 25 heavy (non-hydrogen) atoms. The van der Waals surface area contributed by atoms with Crippen LogP contribution in [-0.2, 0) is 4.74 Å². The molecule has 0 bridgehead atoms. The minimum atomic E-state index is -0.397. The monoisotopic (exact) mass is 339 g/mol. The molecule has 3 rings (SSSR count). The topological polar surface area (TPSA) is 97.2 Å². The molecule has 0 unspecified atom stereocenters. The molecule has 0 aliphatic carbocycles. The van der Waals surface area contributed by atoms with Gasteiger partial charge in [-0.2, -0.15) is 5.10 Å². The summed E-state index contributed by atoms with van der Waals surface area (Å²) in [5.41, 5.74) is 2.47. The SMILES string of the molecule is CCOC(=O)c1ccc(NC(=O)c2c(-c3ccco3)n[nH]c2C)cc1. The predicted octanol–water partition coefficient (Wildman–Crippen LogP) is 3.41. The smallest absolute Gasteiger partial charge is 0.338 e. The van der Waals surface area contributed by atoms with Gasteiger partial charge in [0, 0.05) is 11.4 Å². The third-order valence-electron chi connectivity index (χ3n) is 3.58. The fourth-order valence-corrected chi connectivity index (χ4v) is 2.40. The minimum Gasteiger partial charge on any atom is -0.463 e. The molecule has 0 saturated carbocycles. The first-order chi connectivity index (χ1) is 12.1. The lowest BCUT2D eigenvalue weighted by Crippen LogP contribution is -2.14. The molecule has 2 N–H and O–H groups in total. The zero-order valence-electron chi connectivity index (χ0n) is 13.8. The summed E-state index contributed by atoms with van der Waals surface area (Å²) in [6, 6.07) is 9.96. The molecule has 2 aromatic heterocycles. The molecule has 1 aromatic carbocycles. The van der Waals surface area contributed by atoms with E-state index < -0.39 is 5.97 Å². The molecular weight excluding hydrogens is 322 g/mol. The second-order valence-corrected chi connectivity index (χ2v) is 5.30. The number of furan rings is 1. The second-order valence-electron chi connectivity index (χ2n) is 5.30. The van der Waals surface area contributed by atoms with Gasteiger partial charge in [0.1, 0.15) is 5.69 Å². The van der Waals surface area contributed by atoms with Crippen LogP contribution in [0, 0.1) is 6.92 Å². The number of aryl methyl sites for hydroxylation is 1. The average molecular weight is 339 g/mol. The standard InChI is InChI=1S/C18H17N3O4/c1-3-24-18(23)12-6-8-13(9-7-12)19-17(22)15-11(2)20-21-16(15)14-5-4-10-25-14/h4-10H,3H2,1-2H3,(H,19,22)(H,20,21). The number of anilines is 1. The Morgan fingerprint density at radius 2 is 2.00 bits per heavy atom. The molecule has 128 valence electrons. The largest absolute Gasteiger partial charge is 0.463 e. The van der Waals surface area contributed by atoms with E-state index in [9.17, 15) is 9.59 Å². The number of ether oxygens (including phenoxy) is 1. The maximum absolute atomic E-state index is 12.6. The Morgan fingerprint density at radius 1 is 1.24 bits per heavy atom. The zero-order chi connectivity index (χ0) is 17.8. The van der Waals surface area contributed by atoms with Crippen LogP contribution < -0.4 is 5.32 Å². The van der Waals surface area contributed by atoms with Crippen molar-refractivity contribution >= 4 is 17.6 Å². The number of esters is 1. The van der Waals surface area contributed by atoms with E-state index in [-0.39, 0.29) is 5.91 Å². The fraction of sp³-hybridized carbons (Fsp3) is 0.167. The van der Waals surface area contributed by atoms with Crippen molar-refractivity contribution in [3.8, 4) is 11.5 Å². The van der Waals surface area contributed by atoms with Gasteiger partial charge in [-0.05, 0) is 50.2 Å². The van der Waals surface area contributed by atoms with Crippen molar-refractivity contribution in [2.45, 2.75) is 13.8 Å². The van der Waals surface area contributed by atoms with Crippen LogP contribution in [0.25, 0.3) is 11.5 Å². The number of H-pyrrole nitrogens is 1. The Bertz CT molecular complexity index is 880. The van der Waals surface area contributed by atoms with Crippen molar-refractivity contribution < 1.29 is 18.7 Å². The number of aromatic nitrogens is 2. The summed E-state index contributed by atoms with van der Waals surface area (Å²) in [4.78, 5) is 24.3. The normalized spacial score (nSPS) is 10.5. The van der Waals surface area contributed by atoms with Crippen molar-refractivity contribution in [1.82, 2.24) is 10.2 Å². The highest BCUT2D eigenvalue weighted by atomic mass is 16.5. The van der Waals surface area contributed by atoms with Gasteiger partial charge < -0.3 is 14.5 Å². The Labute approximate surface area is 144 Å². The minimum absolute atomic E-state index is 0.312. The highest BCUT2D eigenvalue weighted by Crippen LogP contribution is 2.25. The van der Waals surface area contributed by atoms with Crippen molar-refractivity contribution in [1.29, 1.82) is 0 Å². The number of aromatic amines is 1. The van der Waals surface area contributed by atoms with E-state index >= 15 is 0 Å². The van der Waals surface area contributed by atoms with E-state index in [0.29, 0.717) is 40.6 Å². The summed E-state index contributed by atoms with van der Waals surface area (Å²) in [5.74, 6) is -0.208. The van der Waals surface area contributed by atoms with Gasteiger partial charge in [-0.25, -0.2) is 4.79 Å². The number of hydrogen-bond acceptors (Lipinski definition) is 5. The summed E-state index contributed by atoms with van der Waals surface area (Å²) in [6.07, 6.45) is 1.52. The van der Waals surface area contributed by atoms with Gasteiger partial charge >= 0.3 is 5.97 Å². The third-order valence-corrected chi connectivity index (χ3v) is 3.58. The zero-order valence-corrected chi connectivity index (χ0v) is 13.8. The number of hydrogen-bond donors (Lipinski definition) is 2. The maximum atomic E-state index is 12.6. The molecule has 0 aliphatic rings. The molecule has 0 radical (unpaired) electrons. The van der Waals surface area contributed by atoms with E-state index in [1.165, 1.54) is 6.26 Å². The number of benzene rings is 1. The van der Waals surface area contributed by atoms with Gasteiger partial charge in [0.2, 0.25) is 0 Å². The first kappa shape index (κ1) is 16.5. The van der Waals surface area contributed by atoms with Crippen molar-refractivity contribution in [3.05, 3.63) is 59.5 Å². The molecular formula is C18H17N3O4. The summed E-state index contributed by atoms with van der Waals surface area (Å²) >= 11 is 0. The molecule has 0 atom stereocenters. The number of rotatable bonds is 5. The molecule has 2 heterocycles. The van der Waals surface area contributed by atoms with Gasteiger partial charge in [-0.3, -0.25) is 9.89 Å². The number of carbonyl (C=O) groups is 2. The van der Waals surface area contributed by atoms with E-state index in [4.69, 9.17) is 9.15 Å². The lowest BCUT2D eigenvalue weighted by atomic mass is 10.1. The van der Waals surface area contributed by atoms with Crippen molar-refractivity contribution in [2.24, 2.45) is 0 Å². The fourth-order valence-electron chi connectivity index (χ4n) is 2.40. The van der Waals surface area contributed by atoms with Gasteiger partial charge in [0.25, 0.3) is 5.91 Å². The van der Waals surface area contributed by atoms with Crippen LogP contribution in [-0.4, -0.2) is 28.7 Å². The van der Waals surface area contributed by atoms with Gasteiger partial charge in [-0.15, -0.1) is 0 Å². The van der Waals surface area contributed by atoms with E-state index in [1.807, 2.05) is 0 Å². The molecule has 0 spiro atoms. The van der Waals surface area contributed by atoms with Gasteiger partial charge in [0.15, 0.2) is 5.76 Å². The van der Waals surface area contributed by atoms with Crippen LogP contribution in [0.2, 0.25) is 0 Å². The first-order valence-electron chi connectivity index (χ1n) is 7.77. The van der Waals surface area contributed by atoms with Crippen LogP contribution in [0.3, 0.4) is 0 Å². The van der Waals surface area contributed by atoms with Gasteiger partial charge in [-0.1, -0.05) is 0 Å². The lowest BCUT2D eigenvalue weighted by molar-refractivity contribution is 0.0526. The van der Waals surface area contributed by atoms with Crippen LogP contribution in [0.4, 0.5) is 5.69 Å². The number of carbonyl (C=O) groups excluding carboxylic acids is 2. The van der Waals surface area contributed by atoms with E-state index in [0.717, 1.165) is 0 Å². The maximum Gasteiger partial charge on any atom is 0.338 e. The molecule has 7 heteroatoms. The second kappa shape index (κ2) is 7.04. The number of nitrogens with one attached hydrogen (secondary N) is 2. The predicted molar refractivity (Wildman–Crippen MR) is 91.4 cm³/mol. The quantitative estimate of drug-likeness (QED) is 0.694. The summed E-state index contributed by atoms with van der Waals surface area (Å²) < 4.78 is 10.3. The summed E-state index contributed by atoms with van der Waals surface area (Å²) in [5, 5.41) is 9.73. The highest BCUT2D eigenvalue weighted by Gasteiger charge is 2.21. The summed E-state index contributed by atoms with van der Waals surface area (Å²) in [6.45, 7) is 3.82. The molecule has 7 nitrogen and oxygen atoms in total. The highest BCUT2D eigenvalue weighted by molar-refractivity contribution is 6.08. The Hall–Kier alpha value is -3.35. The third kappa shape index (κ3) is 3.45. The van der Waals surface area contributed by atoms with Crippen LogP contribution in [0.15, 0.2) is 47.1 Å². The Morgan fingerprint density at radius 3 is 2.64 bits per heavy atom. The first-order valence-corrected chi connectivity index (χ1v) is 7.77. The Balaban J connectivity index is 1.79. The van der Waals surface area contributed by atoms with Crippen molar-refractivity contribution in [3.63, 3.8) is 0 Å². The van der Waals surface area contributed by atoms with Crippen LogP contribution >= 0.6 is 0 Å². The molecule has 3 aromatic rings. The lowest BCUT2D eigenvalue weighted by Gasteiger charge is -2.07. The summed E-state index contributed by atoms with van der Waals surface area (Å²) in [7, 11) is 0. The average Bonchev–Trinajstić information content (AvgIpc) is 3.25. The van der Waals surface area contributed by atoms with Gasteiger partial charge in [0.05, 0.1) is 24.0 Å². The molecule has 0 saturated heterocycles. The molecule has 0 fully saturated rings.